The zero-order chi connectivity index (χ0) is 8.85. The molecular weight excluding hydrogens is 132 g/mol. The molecule has 62 valence electrons. The molecule has 0 bridgehead atoms. The monoisotopic (exact) mass is 150 g/mol. The lowest BCUT2D eigenvalue weighted by Gasteiger charge is -2.04. The molecule has 0 aromatic carbocycles. The Balaban J connectivity index is 4.22. The molecule has 0 spiro atoms. The van der Waals surface area contributed by atoms with Crippen LogP contribution in [0.2, 0.25) is 0 Å². The number of allylic oxidation sites excluding steroid dienone is 5. The van der Waals surface area contributed by atoms with E-state index >= 15 is 0 Å². The van der Waals surface area contributed by atoms with Crippen molar-refractivity contribution in [1.29, 1.82) is 0 Å². The van der Waals surface area contributed by atoms with Gasteiger partial charge in [0.25, 0.3) is 0 Å². The second-order valence-corrected chi connectivity index (χ2v) is 3.12. The molecule has 0 aliphatic rings. The van der Waals surface area contributed by atoms with Gasteiger partial charge >= 0.3 is 0 Å². The van der Waals surface area contributed by atoms with Crippen molar-refractivity contribution in [2.24, 2.45) is 5.92 Å². The molecule has 0 aromatic heterocycles. The first-order chi connectivity index (χ1) is 5.07. The van der Waals surface area contributed by atoms with E-state index in [4.69, 9.17) is 0 Å². The van der Waals surface area contributed by atoms with Crippen LogP contribution in [0.5, 0.6) is 0 Å². The van der Waals surface area contributed by atoms with Gasteiger partial charge < -0.3 is 0 Å². The third-order valence-corrected chi connectivity index (χ3v) is 1.56. The SMILES string of the molecule is C=C(C)/C=C\C(=C/C)C(C)C. The lowest BCUT2D eigenvalue weighted by atomic mass is 10.0. The molecule has 0 heteroatoms. The minimum absolute atomic E-state index is 0.607. The van der Waals surface area contributed by atoms with Crippen molar-refractivity contribution in [2.75, 3.05) is 0 Å². The fourth-order valence-corrected chi connectivity index (χ4v) is 0.860. The van der Waals surface area contributed by atoms with Gasteiger partial charge in [0, 0.05) is 0 Å². The number of rotatable bonds is 3. The number of hydrogen-bond donors (Lipinski definition) is 0. The van der Waals surface area contributed by atoms with Crippen molar-refractivity contribution >= 4 is 0 Å². The third-order valence-electron chi connectivity index (χ3n) is 1.56. The summed E-state index contributed by atoms with van der Waals surface area (Å²) in [6.07, 6.45) is 6.33. The second-order valence-electron chi connectivity index (χ2n) is 3.12. The predicted octanol–water partition coefficient (Wildman–Crippen LogP) is 3.72. The van der Waals surface area contributed by atoms with Gasteiger partial charge in [-0.3, -0.25) is 0 Å². The Morgan fingerprint density at radius 1 is 1.27 bits per heavy atom. The van der Waals surface area contributed by atoms with Crippen LogP contribution in [-0.4, -0.2) is 0 Å². The van der Waals surface area contributed by atoms with Crippen molar-refractivity contribution in [2.45, 2.75) is 27.7 Å². The highest BCUT2D eigenvalue weighted by Gasteiger charge is 1.95. The van der Waals surface area contributed by atoms with E-state index in [0.29, 0.717) is 5.92 Å². The van der Waals surface area contributed by atoms with E-state index < -0.39 is 0 Å². The maximum Gasteiger partial charge on any atom is -0.0222 e. The largest absolute Gasteiger partial charge is 0.0961 e. The van der Waals surface area contributed by atoms with Gasteiger partial charge in [0.2, 0.25) is 0 Å². The fourth-order valence-electron chi connectivity index (χ4n) is 0.860. The summed E-state index contributed by atoms with van der Waals surface area (Å²) in [5, 5.41) is 0. The maximum atomic E-state index is 3.81. The molecule has 0 amide bonds. The van der Waals surface area contributed by atoms with Gasteiger partial charge in [-0.2, -0.15) is 0 Å². The van der Waals surface area contributed by atoms with Crippen LogP contribution >= 0.6 is 0 Å². The van der Waals surface area contributed by atoms with Crippen LogP contribution in [-0.2, 0) is 0 Å². The zero-order valence-corrected chi connectivity index (χ0v) is 8.02. The molecule has 0 atom stereocenters. The van der Waals surface area contributed by atoms with Crippen molar-refractivity contribution in [3.05, 3.63) is 36.0 Å². The van der Waals surface area contributed by atoms with Gasteiger partial charge in [-0.1, -0.05) is 44.2 Å². The fraction of sp³-hybridized carbons (Fsp3) is 0.455. The summed E-state index contributed by atoms with van der Waals surface area (Å²) in [4.78, 5) is 0. The first-order valence-corrected chi connectivity index (χ1v) is 4.07. The molecule has 0 saturated carbocycles. The standard InChI is InChI=1S/C11H18/c1-6-11(10(4)5)8-7-9(2)3/h6-8,10H,2H2,1,3-5H3/b8-7-,11-6+. The summed E-state index contributed by atoms with van der Waals surface area (Å²) in [6, 6.07) is 0. The summed E-state index contributed by atoms with van der Waals surface area (Å²) in [6.45, 7) is 12.3. The van der Waals surface area contributed by atoms with Crippen molar-refractivity contribution < 1.29 is 0 Å². The Morgan fingerprint density at radius 2 is 1.82 bits per heavy atom. The summed E-state index contributed by atoms with van der Waals surface area (Å²) in [5.41, 5.74) is 2.47. The van der Waals surface area contributed by atoms with Crippen molar-refractivity contribution in [1.82, 2.24) is 0 Å². The van der Waals surface area contributed by atoms with E-state index in [1.807, 2.05) is 6.92 Å². The first kappa shape index (κ1) is 10.2. The van der Waals surface area contributed by atoms with Crippen LogP contribution in [0.15, 0.2) is 36.0 Å². The van der Waals surface area contributed by atoms with Gasteiger partial charge in [-0.25, -0.2) is 0 Å². The smallest absolute Gasteiger partial charge is 0.0222 e. The van der Waals surface area contributed by atoms with Crippen LogP contribution in [0.25, 0.3) is 0 Å². The summed E-state index contributed by atoms with van der Waals surface area (Å²) >= 11 is 0. The lowest BCUT2D eigenvalue weighted by molar-refractivity contribution is 0.789. The lowest BCUT2D eigenvalue weighted by Crippen LogP contribution is -1.88. The van der Waals surface area contributed by atoms with E-state index in [-0.39, 0.29) is 0 Å². The molecule has 0 aromatic rings. The van der Waals surface area contributed by atoms with Crippen molar-refractivity contribution in [3.63, 3.8) is 0 Å². The summed E-state index contributed by atoms with van der Waals surface area (Å²) in [7, 11) is 0. The van der Waals surface area contributed by atoms with Gasteiger partial charge in [0.1, 0.15) is 0 Å². The quantitative estimate of drug-likeness (QED) is 0.538. The summed E-state index contributed by atoms with van der Waals surface area (Å²) in [5.74, 6) is 0.607. The molecule has 0 heterocycles. The molecule has 0 rings (SSSR count). The Bertz CT molecular complexity index is 180. The number of hydrogen-bond acceptors (Lipinski definition) is 0. The average Bonchev–Trinajstić information content (AvgIpc) is 1.87. The van der Waals surface area contributed by atoms with Crippen LogP contribution in [0.4, 0.5) is 0 Å². The molecule has 0 radical (unpaired) electrons. The van der Waals surface area contributed by atoms with Gasteiger partial charge in [0.05, 0.1) is 0 Å². The predicted molar refractivity (Wildman–Crippen MR) is 52.5 cm³/mol. The minimum Gasteiger partial charge on any atom is -0.0961 e. The molecule has 0 fully saturated rings. The Kier molecular flexibility index (Phi) is 4.60. The topological polar surface area (TPSA) is 0 Å². The highest BCUT2D eigenvalue weighted by atomic mass is 14.0. The van der Waals surface area contributed by atoms with Gasteiger partial charge in [-0.15, -0.1) is 0 Å². The van der Waals surface area contributed by atoms with Gasteiger partial charge in [-0.05, 0) is 25.3 Å². The average molecular weight is 150 g/mol. The molecule has 0 aliphatic carbocycles. The first-order valence-electron chi connectivity index (χ1n) is 4.07. The molecule has 0 saturated heterocycles. The van der Waals surface area contributed by atoms with E-state index in [1.54, 1.807) is 0 Å². The zero-order valence-electron chi connectivity index (χ0n) is 8.02. The molecule has 0 N–H and O–H groups in total. The maximum absolute atomic E-state index is 3.81. The highest BCUT2D eigenvalue weighted by Crippen LogP contribution is 2.11. The Morgan fingerprint density at radius 3 is 2.09 bits per heavy atom. The minimum atomic E-state index is 0.607. The van der Waals surface area contributed by atoms with E-state index in [1.165, 1.54) is 5.57 Å². The highest BCUT2D eigenvalue weighted by molar-refractivity contribution is 5.25. The molecular formula is C11H18. The van der Waals surface area contributed by atoms with Gasteiger partial charge in [0.15, 0.2) is 0 Å². The second kappa shape index (κ2) is 4.95. The molecule has 0 unspecified atom stereocenters. The normalized spacial score (nSPS) is 13.0. The van der Waals surface area contributed by atoms with Crippen molar-refractivity contribution in [3.8, 4) is 0 Å². The van der Waals surface area contributed by atoms with Crippen LogP contribution in [0.3, 0.4) is 0 Å². The molecule has 0 nitrogen and oxygen atoms in total. The van der Waals surface area contributed by atoms with Crippen LogP contribution in [0.1, 0.15) is 27.7 Å². The van der Waals surface area contributed by atoms with E-state index in [0.717, 1.165) is 5.57 Å². The van der Waals surface area contributed by atoms with E-state index in [9.17, 15) is 0 Å². The van der Waals surface area contributed by atoms with Crippen LogP contribution < -0.4 is 0 Å². The molecule has 0 aliphatic heterocycles. The Hall–Kier alpha value is -0.780. The van der Waals surface area contributed by atoms with E-state index in [2.05, 4.69) is 45.6 Å². The Labute approximate surface area is 70.3 Å². The molecule has 11 heavy (non-hydrogen) atoms. The third kappa shape index (κ3) is 4.60. The van der Waals surface area contributed by atoms with Crippen LogP contribution in [0, 0.1) is 5.92 Å². The summed E-state index contributed by atoms with van der Waals surface area (Å²) < 4.78 is 0.